The minimum absolute atomic E-state index is 0.0564. The standard InChI is InChI=1S/C37H42N3O7Si/c1-36(2,3)48(6,7)47-32-22-31(46-34(32)40-28(23-38)21-33(41)39-35(40)42)24-45-37(25-11-9-8-10-12-25,26-13-17-29(43-4)18-14-26)27-15-19-30(44-5)20-16-27/h8-22,31-32,34H,24H2,1-7H3,(H,39,41,42)/t31-,32-,34-/m1/s1. The number of benzene rings is 3. The molecule has 2 heterocycles. The molecule has 1 saturated heterocycles. The van der Waals surface area contributed by atoms with Crippen molar-refractivity contribution in [1.82, 2.24) is 9.55 Å². The number of aromatic nitrogens is 2. The molecular formula is C37H42N3O7Si. The molecule has 1 N–H and O–H groups in total. The van der Waals surface area contributed by atoms with Crippen molar-refractivity contribution in [3.05, 3.63) is 135 Å². The van der Waals surface area contributed by atoms with E-state index in [0.29, 0.717) is 11.5 Å². The zero-order chi connectivity index (χ0) is 34.7. The Morgan fingerprint density at radius 2 is 1.42 bits per heavy atom. The average Bonchev–Trinajstić information content (AvgIpc) is 3.46. The lowest BCUT2D eigenvalue weighted by molar-refractivity contribution is -0.0847. The number of H-pyrrole nitrogens is 1. The molecule has 0 unspecified atom stereocenters. The Bertz CT molecular complexity index is 1810. The van der Waals surface area contributed by atoms with E-state index >= 15 is 0 Å². The van der Waals surface area contributed by atoms with E-state index in [1.807, 2.05) is 91.4 Å². The summed E-state index contributed by atoms with van der Waals surface area (Å²) in [7, 11) is 0.832. The highest BCUT2D eigenvalue weighted by Crippen LogP contribution is 2.44. The second kappa shape index (κ2) is 13.9. The van der Waals surface area contributed by atoms with Crippen LogP contribution in [0.4, 0.5) is 0 Å². The molecule has 11 heteroatoms. The molecule has 3 atom stereocenters. The first-order valence-electron chi connectivity index (χ1n) is 15.8. The Morgan fingerprint density at radius 1 is 0.875 bits per heavy atom. The van der Waals surface area contributed by atoms with E-state index in [1.54, 1.807) is 14.2 Å². The van der Waals surface area contributed by atoms with Crippen LogP contribution in [-0.4, -0.2) is 50.9 Å². The minimum Gasteiger partial charge on any atom is -0.497 e. The van der Waals surface area contributed by atoms with Gasteiger partial charge in [-0.1, -0.05) is 75.4 Å². The number of methoxy groups -OCH3 is 2. The molecule has 3 aromatic carbocycles. The number of rotatable bonds is 11. The molecule has 1 radical (unpaired) electrons. The molecule has 0 amide bonds. The lowest BCUT2D eigenvalue weighted by atomic mass is 9.80. The summed E-state index contributed by atoms with van der Waals surface area (Å²) in [4.78, 5) is 27.5. The molecule has 1 aromatic heterocycles. The van der Waals surface area contributed by atoms with Crippen molar-refractivity contribution in [2.24, 2.45) is 0 Å². The summed E-state index contributed by atoms with van der Waals surface area (Å²) >= 11 is 0. The summed E-state index contributed by atoms with van der Waals surface area (Å²) in [5.41, 5.74) is -0.0486. The maximum absolute atomic E-state index is 13.2. The van der Waals surface area contributed by atoms with Crippen molar-refractivity contribution >= 4 is 8.32 Å². The summed E-state index contributed by atoms with van der Waals surface area (Å²) in [5.74, 6) is 1.41. The van der Waals surface area contributed by atoms with Crippen molar-refractivity contribution in [3.8, 4) is 17.6 Å². The third-order valence-electron chi connectivity index (χ3n) is 9.22. The first-order chi connectivity index (χ1) is 22.8. The van der Waals surface area contributed by atoms with Crippen LogP contribution >= 0.6 is 0 Å². The topological polar surface area (TPSA) is 125 Å². The van der Waals surface area contributed by atoms with Crippen LogP contribution in [0.3, 0.4) is 0 Å². The van der Waals surface area contributed by atoms with E-state index in [1.165, 1.54) is 0 Å². The van der Waals surface area contributed by atoms with Crippen LogP contribution in [0.25, 0.3) is 0 Å². The van der Waals surface area contributed by atoms with Crippen LogP contribution in [-0.2, 0) is 19.5 Å². The normalized spacial score (nSPS) is 18.3. The van der Waals surface area contributed by atoms with Crippen molar-refractivity contribution in [3.63, 3.8) is 0 Å². The number of nitriles is 1. The fourth-order valence-corrected chi connectivity index (χ4v) is 6.88. The monoisotopic (exact) mass is 668 g/mol. The van der Waals surface area contributed by atoms with Crippen molar-refractivity contribution in [2.75, 3.05) is 20.8 Å². The molecule has 48 heavy (non-hydrogen) atoms. The first-order valence-corrected chi connectivity index (χ1v) is 18.7. The zero-order valence-electron chi connectivity index (χ0n) is 28.4. The van der Waals surface area contributed by atoms with Gasteiger partial charge in [0.1, 0.15) is 28.9 Å². The van der Waals surface area contributed by atoms with Gasteiger partial charge in [-0.2, -0.15) is 5.26 Å². The Hall–Kier alpha value is -4.47. The Balaban J connectivity index is 1.59. The van der Waals surface area contributed by atoms with E-state index in [2.05, 4.69) is 38.8 Å². The molecule has 0 spiro atoms. The number of nitrogens with zero attached hydrogens (tertiary/aromatic N) is 2. The van der Waals surface area contributed by atoms with E-state index < -0.39 is 43.6 Å². The van der Waals surface area contributed by atoms with E-state index in [0.717, 1.165) is 27.3 Å². The van der Waals surface area contributed by atoms with Crippen molar-refractivity contribution in [1.29, 1.82) is 5.26 Å². The van der Waals surface area contributed by atoms with E-state index in [-0.39, 0.29) is 17.3 Å². The van der Waals surface area contributed by atoms with Gasteiger partial charge in [0.2, 0.25) is 0 Å². The van der Waals surface area contributed by atoms with Gasteiger partial charge in [-0.3, -0.25) is 14.3 Å². The van der Waals surface area contributed by atoms with Gasteiger partial charge in [0.15, 0.2) is 14.5 Å². The Kier molecular flexibility index (Phi) is 10.1. The van der Waals surface area contributed by atoms with Crippen LogP contribution in [0.2, 0.25) is 18.1 Å². The van der Waals surface area contributed by atoms with Gasteiger partial charge in [-0.15, -0.1) is 0 Å². The van der Waals surface area contributed by atoms with Crippen LogP contribution in [0.5, 0.6) is 11.5 Å². The molecule has 1 aliphatic rings. The summed E-state index contributed by atoms with van der Waals surface area (Å²) in [6.07, 6.45) is -0.486. The van der Waals surface area contributed by atoms with Crippen LogP contribution in [0, 0.1) is 17.8 Å². The molecule has 1 fully saturated rings. The Labute approximate surface area is 282 Å². The number of ether oxygens (including phenoxy) is 4. The molecule has 0 saturated carbocycles. The summed E-state index contributed by atoms with van der Waals surface area (Å²) in [5, 5.41) is 9.75. The zero-order valence-corrected chi connectivity index (χ0v) is 29.4. The first kappa shape index (κ1) is 34.9. The largest absolute Gasteiger partial charge is 0.497 e. The number of nitrogens with one attached hydrogen (secondary N) is 1. The highest BCUT2D eigenvalue weighted by atomic mass is 28.4. The van der Waals surface area contributed by atoms with Gasteiger partial charge in [0, 0.05) is 12.5 Å². The summed E-state index contributed by atoms with van der Waals surface area (Å²) in [6.45, 7) is 10.6. The molecule has 1 aliphatic heterocycles. The third-order valence-corrected chi connectivity index (χ3v) is 13.7. The molecule has 5 rings (SSSR count). The van der Waals surface area contributed by atoms with Crippen LogP contribution in [0.15, 0.2) is 94.5 Å². The molecule has 251 valence electrons. The van der Waals surface area contributed by atoms with Crippen molar-refractivity contribution < 1.29 is 23.4 Å². The van der Waals surface area contributed by atoms with Crippen LogP contribution < -0.4 is 20.7 Å². The molecule has 4 aromatic rings. The Morgan fingerprint density at radius 3 is 1.92 bits per heavy atom. The fraction of sp³-hybridized carbons (Fsp3) is 0.351. The fourth-order valence-electron chi connectivity index (χ4n) is 5.65. The molecular weight excluding hydrogens is 627 g/mol. The van der Waals surface area contributed by atoms with Crippen LogP contribution in [0.1, 0.15) is 49.4 Å². The average molecular weight is 669 g/mol. The third kappa shape index (κ3) is 6.89. The van der Waals surface area contributed by atoms with Gasteiger partial charge >= 0.3 is 5.69 Å². The molecule has 0 bridgehead atoms. The second-order valence-corrected chi connectivity index (χ2v) is 18.0. The van der Waals surface area contributed by atoms with Gasteiger partial charge in [-0.05, 0) is 59.1 Å². The SMILES string of the molecule is COc1ccc(C(OC[C@H]2[CH][C@@H](O[Si](C)(C)C(C)(C)C)[C@H](n3c(C#N)cc(=O)[nH]c3=O)O2)(c2ccccc2)c2ccc(OC)cc2)cc1. The van der Waals surface area contributed by atoms with Gasteiger partial charge < -0.3 is 23.4 Å². The number of hydrogen-bond acceptors (Lipinski definition) is 8. The smallest absolute Gasteiger partial charge is 0.331 e. The lowest BCUT2D eigenvalue weighted by Crippen LogP contribution is -2.47. The predicted octanol–water partition coefficient (Wildman–Crippen LogP) is 5.93. The van der Waals surface area contributed by atoms with Gasteiger partial charge in [0.25, 0.3) is 5.56 Å². The van der Waals surface area contributed by atoms with Crippen molar-refractivity contribution in [2.45, 2.75) is 62.9 Å². The number of hydrogen-bond donors (Lipinski definition) is 1. The highest BCUT2D eigenvalue weighted by molar-refractivity contribution is 6.74. The van der Waals surface area contributed by atoms with Gasteiger partial charge in [-0.25, -0.2) is 4.79 Å². The maximum Gasteiger partial charge on any atom is 0.331 e. The highest BCUT2D eigenvalue weighted by Gasteiger charge is 2.47. The summed E-state index contributed by atoms with van der Waals surface area (Å²) < 4.78 is 32.5. The lowest BCUT2D eigenvalue weighted by Gasteiger charge is -2.39. The number of aromatic amines is 1. The second-order valence-electron chi connectivity index (χ2n) is 13.2. The maximum atomic E-state index is 13.2. The minimum atomic E-state index is -2.41. The predicted molar refractivity (Wildman–Crippen MR) is 185 cm³/mol. The molecule has 10 nitrogen and oxygen atoms in total. The van der Waals surface area contributed by atoms with Gasteiger partial charge in [0.05, 0.1) is 33.0 Å². The van der Waals surface area contributed by atoms with E-state index in [9.17, 15) is 14.9 Å². The summed E-state index contributed by atoms with van der Waals surface area (Å²) in [6, 6.07) is 28.4. The van der Waals surface area contributed by atoms with E-state index in [4.69, 9.17) is 23.4 Å². The quantitative estimate of drug-likeness (QED) is 0.154. The molecule has 0 aliphatic carbocycles.